The van der Waals surface area contributed by atoms with Crippen molar-refractivity contribution in [3.05, 3.63) is 53.6 Å². The Morgan fingerprint density at radius 1 is 1.20 bits per heavy atom. The van der Waals surface area contributed by atoms with Crippen LogP contribution in [0.3, 0.4) is 0 Å². The second-order valence-electron chi connectivity index (χ2n) is 7.06. The number of morpholine rings is 1. The molecule has 1 aromatic heterocycles. The summed E-state index contributed by atoms with van der Waals surface area (Å²) >= 11 is 3.26. The predicted molar refractivity (Wildman–Crippen MR) is 129 cm³/mol. The van der Waals surface area contributed by atoms with E-state index in [1.165, 1.54) is 0 Å². The minimum Gasteiger partial charge on any atom is -0.379 e. The number of carbonyl (C=O) groups is 1. The minimum absolute atomic E-state index is 0. The van der Waals surface area contributed by atoms with E-state index in [2.05, 4.69) is 24.0 Å². The van der Waals surface area contributed by atoms with Gasteiger partial charge < -0.3 is 4.74 Å². The number of anilines is 1. The van der Waals surface area contributed by atoms with Crippen LogP contribution in [0.1, 0.15) is 15.9 Å². The molecule has 0 atom stereocenters. The lowest BCUT2D eigenvalue weighted by Gasteiger charge is -2.29. The quantitative estimate of drug-likeness (QED) is 0.494. The number of benzene rings is 2. The third-order valence-electron chi connectivity index (χ3n) is 5.17. The zero-order valence-corrected chi connectivity index (χ0v) is 19.6. The minimum atomic E-state index is 0. The molecule has 8 heteroatoms. The molecule has 1 saturated heterocycles. The topological polar surface area (TPSA) is 45.7 Å². The van der Waals surface area contributed by atoms with E-state index < -0.39 is 0 Å². The average Bonchev–Trinajstić information content (AvgIpc) is 3.20. The van der Waals surface area contributed by atoms with Crippen LogP contribution < -0.4 is 4.90 Å². The van der Waals surface area contributed by atoms with Crippen molar-refractivity contribution in [3.8, 4) is 0 Å². The number of hydrogen-bond donors (Lipinski definition) is 0. The van der Waals surface area contributed by atoms with Gasteiger partial charge in [-0.3, -0.25) is 14.6 Å². The molecule has 5 nitrogen and oxygen atoms in total. The molecule has 0 saturated carbocycles. The molecule has 1 amide bonds. The zero-order valence-electron chi connectivity index (χ0n) is 17.2. The monoisotopic (exact) mass is 463 g/mol. The molecule has 0 spiro atoms. The molecule has 0 aliphatic carbocycles. The lowest BCUT2D eigenvalue weighted by molar-refractivity contribution is 0.0391. The molecule has 30 heavy (non-hydrogen) atoms. The lowest BCUT2D eigenvalue weighted by atomic mass is 10.2. The number of halogens is 1. The number of ether oxygens (including phenoxy) is 1. The van der Waals surface area contributed by atoms with Crippen LogP contribution in [0, 0.1) is 6.92 Å². The fraction of sp³-hybridized carbons (Fsp3) is 0.364. The van der Waals surface area contributed by atoms with Crippen molar-refractivity contribution < 1.29 is 9.53 Å². The van der Waals surface area contributed by atoms with Crippen molar-refractivity contribution in [2.24, 2.45) is 0 Å². The molecule has 0 bridgehead atoms. The number of para-hydroxylation sites is 1. The van der Waals surface area contributed by atoms with Gasteiger partial charge in [0.1, 0.15) is 0 Å². The number of amides is 1. The molecule has 0 N–H and O–H groups in total. The van der Waals surface area contributed by atoms with Gasteiger partial charge >= 0.3 is 0 Å². The number of rotatable bonds is 6. The summed E-state index contributed by atoms with van der Waals surface area (Å²) in [6.07, 6.45) is 2.04. The van der Waals surface area contributed by atoms with E-state index in [4.69, 9.17) is 9.72 Å². The Hall–Kier alpha value is -1.64. The molecule has 3 aromatic rings. The van der Waals surface area contributed by atoms with Gasteiger partial charge in [0.2, 0.25) is 0 Å². The Labute approximate surface area is 191 Å². The lowest BCUT2D eigenvalue weighted by Crippen LogP contribution is -2.43. The SMILES string of the molecule is CSc1ccc(C(=O)N(CCN2CCOCC2)c2nc3c(C)cccc3s2)cc1.Cl. The number of aryl methyl sites for hydroxylation is 1. The number of thiazole rings is 1. The first kappa shape index (κ1) is 23.0. The van der Waals surface area contributed by atoms with Crippen LogP contribution in [0.5, 0.6) is 0 Å². The molecule has 2 aromatic carbocycles. The second-order valence-corrected chi connectivity index (χ2v) is 8.95. The highest BCUT2D eigenvalue weighted by Gasteiger charge is 2.23. The van der Waals surface area contributed by atoms with Crippen LogP contribution >= 0.6 is 35.5 Å². The molecular formula is C22H26ClN3O2S2. The third kappa shape index (κ3) is 5.15. The van der Waals surface area contributed by atoms with E-state index in [1.807, 2.05) is 41.5 Å². The van der Waals surface area contributed by atoms with Crippen LogP contribution in [0.2, 0.25) is 0 Å². The van der Waals surface area contributed by atoms with Crippen molar-refractivity contribution in [1.82, 2.24) is 9.88 Å². The first-order chi connectivity index (χ1) is 14.2. The van der Waals surface area contributed by atoms with Crippen molar-refractivity contribution in [1.29, 1.82) is 0 Å². The summed E-state index contributed by atoms with van der Waals surface area (Å²) in [5.74, 6) is 0.00243. The Morgan fingerprint density at radius 3 is 2.60 bits per heavy atom. The zero-order chi connectivity index (χ0) is 20.2. The maximum Gasteiger partial charge on any atom is 0.260 e. The van der Waals surface area contributed by atoms with Crippen molar-refractivity contribution in [3.63, 3.8) is 0 Å². The first-order valence-corrected chi connectivity index (χ1v) is 11.8. The molecular weight excluding hydrogens is 438 g/mol. The highest BCUT2D eigenvalue weighted by molar-refractivity contribution is 7.98. The van der Waals surface area contributed by atoms with E-state index in [1.54, 1.807) is 23.1 Å². The Bertz CT molecular complexity index is 988. The van der Waals surface area contributed by atoms with E-state index in [0.717, 1.165) is 58.7 Å². The third-order valence-corrected chi connectivity index (χ3v) is 6.95. The van der Waals surface area contributed by atoms with Gasteiger partial charge in [0.05, 0.1) is 23.4 Å². The summed E-state index contributed by atoms with van der Waals surface area (Å²) in [5, 5.41) is 0.765. The van der Waals surface area contributed by atoms with E-state index in [0.29, 0.717) is 12.1 Å². The van der Waals surface area contributed by atoms with Gasteiger partial charge in [-0.25, -0.2) is 4.98 Å². The summed E-state index contributed by atoms with van der Waals surface area (Å²) in [6.45, 7) is 6.81. The number of fused-ring (bicyclic) bond motifs is 1. The van der Waals surface area contributed by atoms with E-state index >= 15 is 0 Å². The fourth-order valence-electron chi connectivity index (χ4n) is 3.43. The molecule has 1 fully saturated rings. The van der Waals surface area contributed by atoms with Gasteiger partial charge in [0, 0.05) is 36.6 Å². The summed E-state index contributed by atoms with van der Waals surface area (Å²) in [6, 6.07) is 14.0. The number of hydrogen-bond acceptors (Lipinski definition) is 6. The Morgan fingerprint density at radius 2 is 1.93 bits per heavy atom. The largest absolute Gasteiger partial charge is 0.379 e. The van der Waals surface area contributed by atoms with Gasteiger partial charge in [-0.05, 0) is 49.1 Å². The summed E-state index contributed by atoms with van der Waals surface area (Å²) in [4.78, 5) is 23.6. The van der Waals surface area contributed by atoms with Gasteiger partial charge in [0.15, 0.2) is 5.13 Å². The number of carbonyl (C=O) groups excluding carboxylic acids is 1. The summed E-state index contributed by atoms with van der Waals surface area (Å²) < 4.78 is 6.56. The molecule has 4 rings (SSSR count). The van der Waals surface area contributed by atoms with E-state index in [-0.39, 0.29) is 18.3 Å². The first-order valence-electron chi connectivity index (χ1n) is 9.78. The normalized spacial score (nSPS) is 14.5. The highest BCUT2D eigenvalue weighted by Crippen LogP contribution is 2.31. The van der Waals surface area contributed by atoms with E-state index in [9.17, 15) is 4.79 Å². The maximum absolute atomic E-state index is 13.4. The average molecular weight is 464 g/mol. The van der Waals surface area contributed by atoms with Crippen LogP contribution in [0.25, 0.3) is 10.2 Å². The van der Waals surface area contributed by atoms with Gasteiger partial charge in [0.25, 0.3) is 5.91 Å². The van der Waals surface area contributed by atoms with Gasteiger partial charge in [-0.2, -0.15) is 0 Å². The number of aromatic nitrogens is 1. The molecule has 2 heterocycles. The standard InChI is InChI=1S/C22H25N3O2S2.ClH/c1-16-4-3-5-19-20(16)23-22(29-19)25(11-10-24-12-14-27-15-13-24)21(26)17-6-8-18(28-2)9-7-17;/h3-9H,10-15H2,1-2H3;1H. The van der Waals surface area contributed by atoms with Crippen molar-refractivity contribution >= 4 is 56.8 Å². The van der Waals surface area contributed by atoms with Gasteiger partial charge in [-0.15, -0.1) is 24.2 Å². The Kier molecular flexibility index (Phi) is 8.13. The van der Waals surface area contributed by atoms with Crippen LogP contribution in [-0.4, -0.2) is 61.4 Å². The smallest absolute Gasteiger partial charge is 0.260 e. The van der Waals surface area contributed by atoms with Crippen LogP contribution in [-0.2, 0) is 4.74 Å². The van der Waals surface area contributed by atoms with Crippen molar-refractivity contribution in [2.45, 2.75) is 11.8 Å². The summed E-state index contributed by atoms with van der Waals surface area (Å²) in [7, 11) is 0. The molecule has 1 aliphatic rings. The molecule has 160 valence electrons. The maximum atomic E-state index is 13.4. The van der Waals surface area contributed by atoms with Crippen molar-refractivity contribution in [2.75, 3.05) is 50.5 Å². The van der Waals surface area contributed by atoms with Crippen LogP contribution in [0.15, 0.2) is 47.4 Å². The summed E-state index contributed by atoms with van der Waals surface area (Å²) in [5.41, 5.74) is 2.81. The fourth-order valence-corrected chi connectivity index (χ4v) is 4.91. The number of nitrogens with zero attached hydrogens (tertiary/aromatic N) is 3. The molecule has 0 unspecified atom stereocenters. The second kappa shape index (κ2) is 10.6. The van der Waals surface area contributed by atoms with Crippen LogP contribution in [0.4, 0.5) is 5.13 Å². The Balaban J connectivity index is 0.00000256. The molecule has 1 aliphatic heterocycles. The predicted octanol–water partition coefficient (Wildman–Crippen LogP) is 4.73. The highest BCUT2D eigenvalue weighted by atomic mass is 35.5. The number of thioether (sulfide) groups is 1. The van der Waals surface area contributed by atoms with Gasteiger partial charge in [-0.1, -0.05) is 23.5 Å². The molecule has 0 radical (unpaired) electrons.